The Balaban J connectivity index is 0.0000115. The van der Waals surface area contributed by atoms with Crippen LogP contribution in [0, 0.1) is 23.2 Å². The summed E-state index contributed by atoms with van der Waals surface area (Å²) in [4.78, 5) is 54.4. The number of nitrogens with one attached hydrogen (secondary N) is 2. The number of hydrogen-bond donors (Lipinski definition) is 3. The monoisotopic (exact) mass is 740 g/mol. The van der Waals surface area contributed by atoms with Crippen LogP contribution in [0.2, 0.25) is 0 Å². The molecule has 0 saturated carbocycles. The largest absolute Gasteiger partial charge is 1.00 e. The van der Waals surface area contributed by atoms with Gasteiger partial charge in [-0.15, -0.1) is 12.3 Å². The molecule has 3 N–H and O–H groups in total. The Morgan fingerprint density at radius 1 is 0.896 bits per heavy atom. The van der Waals surface area contributed by atoms with Gasteiger partial charge in [-0.2, -0.15) is 0 Å². The number of amides is 2. The number of ether oxygens (including phenoxy) is 4. The van der Waals surface area contributed by atoms with Crippen LogP contribution in [0.3, 0.4) is 0 Å². The lowest BCUT2D eigenvalue weighted by atomic mass is 9.91. The number of terminal acetylenes is 1. The van der Waals surface area contributed by atoms with Crippen LogP contribution in [-0.2, 0) is 48.2 Å². The summed E-state index contributed by atoms with van der Waals surface area (Å²) in [5.74, 6) is 1.30. The minimum absolute atomic E-state index is 0. The van der Waals surface area contributed by atoms with E-state index in [2.05, 4.69) is 33.0 Å². The van der Waals surface area contributed by atoms with Gasteiger partial charge in [0.25, 0.3) is 0 Å². The SMILES string of the molecule is C#CCCOC(=O)OCC(C)(COC(=O)OCC(C)(CO)C(=O)NCCC[n+]1ccn(CCCC)c1)C(=O)NCCCn1ccnc1.[Br-]. The van der Waals surface area contributed by atoms with Gasteiger partial charge < -0.3 is 56.2 Å². The number of carbonyl (C=O) groups excluding carboxylic acids is 4. The summed E-state index contributed by atoms with van der Waals surface area (Å²) in [6, 6.07) is 0. The number of rotatable bonds is 22. The molecule has 0 aliphatic carbocycles. The maximum Gasteiger partial charge on any atom is 0.508 e. The van der Waals surface area contributed by atoms with Crippen molar-refractivity contribution in [2.75, 3.05) is 46.1 Å². The van der Waals surface area contributed by atoms with Crippen LogP contribution in [0.15, 0.2) is 37.4 Å². The maximum atomic E-state index is 13.1. The third-order valence-corrected chi connectivity index (χ3v) is 7.27. The van der Waals surface area contributed by atoms with E-state index in [1.807, 2.05) is 27.9 Å². The average Bonchev–Trinajstić information content (AvgIpc) is 3.77. The Morgan fingerprint density at radius 3 is 2.10 bits per heavy atom. The van der Waals surface area contributed by atoms with Crippen molar-refractivity contribution in [1.82, 2.24) is 24.8 Å². The molecule has 15 nitrogen and oxygen atoms in total. The van der Waals surface area contributed by atoms with Crippen LogP contribution in [-0.4, -0.2) is 89.5 Å². The van der Waals surface area contributed by atoms with Gasteiger partial charge in [-0.3, -0.25) is 9.59 Å². The summed E-state index contributed by atoms with van der Waals surface area (Å²) in [5, 5.41) is 15.5. The number of aliphatic hydroxyl groups is 1. The Kier molecular flexibility index (Phi) is 19.6. The van der Waals surface area contributed by atoms with E-state index < -0.39 is 61.4 Å². The number of aromatic nitrogens is 4. The zero-order valence-electron chi connectivity index (χ0n) is 28.0. The lowest BCUT2D eigenvalue weighted by Crippen LogP contribution is -3.00. The van der Waals surface area contributed by atoms with Crippen molar-refractivity contribution >= 4 is 24.1 Å². The highest BCUT2D eigenvalue weighted by Gasteiger charge is 2.38. The van der Waals surface area contributed by atoms with Gasteiger partial charge in [0.2, 0.25) is 18.1 Å². The van der Waals surface area contributed by atoms with Gasteiger partial charge in [-0.05, 0) is 26.7 Å². The molecule has 0 aliphatic rings. The molecule has 268 valence electrons. The van der Waals surface area contributed by atoms with Gasteiger partial charge in [0.15, 0.2) is 0 Å². The minimum Gasteiger partial charge on any atom is -1.00 e. The Bertz CT molecular complexity index is 1300. The lowest BCUT2D eigenvalue weighted by Gasteiger charge is -2.28. The molecule has 2 heterocycles. The predicted molar refractivity (Wildman–Crippen MR) is 168 cm³/mol. The zero-order valence-corrected chi connectivity index (χ0v) is 29.6. The fourth-order valence-electron chi connectivity index (χ4n) is 4.10. The van der Waals surface area contributed by atoms with Gasteiger partial charge in [0.05, 0.1) is 26.0 Å². The van der Waals surface area contributed by atoms with Gasteiger partial charge in [0, 0.05) is 44.9 Å². The molecular weight excluding hydrogens is 692 g/mol. The first kappa shape index (κ1) is 41.9. The van der Waals surface area contributed by atoms with Crippen LogP contribution >= 0.6 is 0 Å². The molecule has 2 rings (SSSR count). The quantitative estimate of drug-likeness (QED) is 0.0577. The molecule has 2 amide bonds. The van der Waals surface area contributed by atoms with E-state index >= 15 is 0 Å². The van der Waals surface area contributed by atoms with E-state index in [1.165, 1.54) is 13.8 Å². The highest BCUT2D eigenvalue weighted by atomic mass is 79.9. The van der Waals surface area contributed by atoms with Crippen molar-refractivity contribution in [3.8, 4) is 12.3 Å². The third-order valence-electron chi connectivity index (χ3n) is 7.27. The number of aryl methyl sites for hydroxylation is 3. The summed E-state index contributed by atoms with van der Waals surface area (Å²) in [6.45, 7) is 5.84. The van der Waals surface area contributed by atoms with E-state index in [-0.39, 0.29) is 36.6 Å². The molecule has 0 spiro atoms. The molecule has 2 aromatic heterocycles. The third kappa shape index (κ3) is 15.2. The number of unbranched alkanes of at least 4 members (excludes halogenated alkanes) is 1. The Morgan fingerprint density at radius 2 is 1.50 bits per heavy atom. The average molecular weight is 742 g/mol. The molecule has 2 unspecified atom stereocenters. The van der Waals surface area contributed by atoms with Crippen molar-refractivity contribution < 1.29 is 64.8 Å². The van der Waals surface area contributed by atoms with Crippen molar-refractivity contribution in [1.29, 1.82) is 0 Å². The summed E-state index contributed by atoms with van der Waals surface area (Å²) >= 11 is 0. The van der Waals surface area contributed by atoms with E-state index in [1.54, 1.807) is 18.7 Å². The Hall–Kier alpha value is -4.10. The number of carbonyl (C=O) groups is 4. The fourth-order valence-corrected chi connectivity index (χ4v) is 4.10. The molecule has 0 fully saturated rings. The molecule has 48 heavy (non-hydrogen) atoms. The normalized spacial score (nSPS) is 13.1. The first-order chi connectivity index (χ1) is 22.5. The van der Waals surface area contributed by atoms with Crippen molar-refractivity contribution in [3.05, 3.63) is 37.4 Å². The van der Waals surface area contributed by atoms with Gasteiger partial charge >= 0.3 is 12.3 Å². The summed E-state index contributed by atoms with van der Waals surface area (Å²) in [5.41, 5.74) is -2.94. The second kappa shape index (κ2) is 22.5. The fraction of sp³-hybridized carbons (Fsp3) is 0.625. The minimum atomic E-state index is -1.51. The molecule has 2 atom stereocenters. The standard InChI is InChI=1S/C32H48N6O9.BrH/c1-5-7-14-37-18-19-38(26-37)16-10-12-34-27(40)31(3,21-39)22-45-30(43)47-24-32(4,23-46-29(42)44-20-8-6-2)28(41)35-11-9-15-36-17-13-33-25-36;/h2,13,17-19,25-26,39H,5,7-12,14-16,20-24H2,1,3-4H3,(H-,34,35,40,41);1H. The van der Waals surface area contributed by atoms with Crippen LogP contribution < -0.4 is 32.2 Å². The smallest absolute Gasteiger partial charge is 0.508 e. The molecule has 2 aromatic rings. The van der Waals surface area contributed by atoms with E-state index in [0.29, 0.717) is 32.5 Å². The van der Waals surface area contributed by atoms with Crippen molar-refractivity contribution in [2.45, 2.75) is 72.5 Å². The first-order valence-corrected chi connectivity index (χ1v) is 15.8. The maximum absolute atomic E-state index is 13.1. The molecule has 0 aliphatic heterocycles. The first-order valence-electron chi connectivity index (χ1n) is 15.8. The Labute approximate surface area is 292 Å². The van der Waals surface area contributed by atoms with Crippen LogP contribution in [0.5, 0.6) is 0 Å². The van der Waals surface area contributed by atoms with Gasteiger partial charge in [-0.25, -0.2) is 23.7 Å². The highest BCUT2D eigenvalue weighted by Crippen LogP contribution is 2.21. The summed E-state index contributed by atoms with van der Waals surface area (Å²) in [6.07, 6.45) is 17.7. The molecule has 16 heteroatoms. The van der Waals surface area contributed by atoms with Gasteiger partial charge in [0.1, 0.15) is 49.7 Å². The number of nitrogens with zero attached hydrogens (tertiary/aromatic N) is 4. The predicted octanol–water partition coefficient (Wildman–Crippen LogP) is -1.18. The second-order valence-electron chi connectivity index (χ2n) is 11.7. The van der Waals surface area contributed by atoms with Crippen LogP contribution in [0.25, 0.3) is 0 Å². The zero-order chi connectivity index (χ0) is 34.5. The molecular formula is C32H49BrN6O9. The van der Waals surface area contributed by atoms with Crippen LogP contribution in [0.1, 0.15) is 52.9 Å². The second-order valence-corrected chi connectivity index (χ2v) is 11.7. The molecule has 0 saturated heterocycles. The number of hydrogen-bond acceptors (Lipinski definition) is 10. The number of imidazole rings is 2. The molecule has 0 bridgehead atoms. The van der Waals surface area contributed by atoms with E-state index in [0.717, 1.165) is 19.4 Å². The van der Waals surface area contributed by atoms with Gasteiger partial charge in [-0.1, -0.05) is 13.3 Å². The number of aliphatic hydroxyl groups excluding tert-OH is 1. The highest BCUT2D eigenvalue weighted by molar-refractivity contribution is 5.83. The topological polar surface area (TPSA) is 176 Å². The summed E-state index contributed by atoms with van der Waals surface area (Å²) < 4.78 is 26.3. The van der Waals surface area contributed by atoms with Crippen molar-refractivity contribution in [2.24, 2.45) is 10.8 Å². The van der Waals surface area contributed by atoms with E-state index in [4.69, 9.17) is 25.4 Å². The van der Waals surface area contributed by atoms with Crippen molar-refractivity contribution in [3.63, 3.8) is 0 Å². The molecule has 0 radical (unpaired) electrons. The molecule has 0 aromatic carbocycles. The number of halogens is 1. The lowest BCUT2D eigenvalue weighted by molar-refractivity contribution is -0.696. The summed E-state index contributed by atoms with van der Waals surface area (Å²) in [7, 11) is 0. The van der Waals surface area contributed by atoms with E-state index in [9.17, 15) is 24.3 Å². The van der Waals surface area contributed by atoms with Crippen LogP contribution in [0.4, 0.5) is 9.59 Å².